The van der Waals surface area contributed by atoms with Crippen molar-refractivity contribution in [3.8, 4) is 5.75 Å². The number of ether oxygens (including phenoxy) is 1. The Morgan fingerprint density at radius 1 is 1.20 bits per heavy atom. The zero-order valence-electron chi connectivity index (χ0n) is 9.28. The zero-order valence-corrected chi connectivity index (χ0v) is 9.28. The van der Waals surface area contributed by atoms with Gasteiger partial charge in [-0.3, -0.25) is 4.90 Å². The molecule has 2 rings (SSSR count). The number of rotatable bonds is 3. The summed E-state index contributed by atoms with van der Waals surface area (Å²) < 4.78 is 5.86. The smallest absolute Gasteiger partial charge is 0.149 e. The fourth-order valence-electron chi connectivity index (χ4n) is 2.00. The second-order valence-corrected chi connectivity index (χ2v) is 4.05. The summed E-state index contributed by atoms with van der Waals surface area (Å²) in [6, 6.07) is 10.7. The van der Waals surface area contributed by atoms with E-state index in [-0.39, 0.29) is 6.23 Å². The summed E-state index contributed by atoms with van der Waals surface area (Å²) in [6.07, 6.45) is 4.16. The first kappa shape index (κ1) is 10.5. The van der Waals surface area contributed by atoms with Crippen LogP contribution in [-0.4, -0.2) is 24.2 Å². The van der Waals surface area contributed by atoms with E-state index in [4.69, 9.17) is 4.74 Å². The Kier molecular flexibility index (Phi) is 3.62. The Hall–Kier alpha value is -1.02. The van der Waals surface area contributed by atoms with Crippen LogP contribution in [0.25, 0.3) is 0 Å². The number of hydrogen-bond donors (Lipinski definition) is 0. The standard InChI is InChI=1S/C13H18NO/c1-12(14-10-6-3-7-11-14)15-13-8-4-2-5-9-13/h4-5,8-9,12H,3,6-7,10-11H2,1H3/t12-/m1/s1. The maximum Gasteiger partial charge on any atom is 0.149 e. The molecule has 1 atom stereocenters. The summed E-state index contributed by atoms with van der Waals surface area (Å²) in [6.45, 7) is 4.46. The summed E-state index contributed by atoms with van der Waals surface area (Å²) in [7, 11) is 0. The van der Waals surface area contributed by atoms with Gasteiger partial charge in [-0.25, -0.2) is 0 Å². The van der Waals surface area contributed by atoms with Gasteiger partial charge in [-0.15, -0.1) is 0 Å². The van der Waals surface area contributed by atoms with Crippen LogP contribution in [0.15, 0.2) is 24.3 Å². The highest BCUT2D eigenvalue weighted by Gasteiger charge is 2.17. The van der Waals surface area contributed by atoms with Crippen LogP contribution in [-0.2, 0) is 0 Å². The number of nitrogens with zero attached hydrogens (tertiary/aromatic N) is 1. The molecule has 1 saturated heterocycles. The van der Waals surface area contributed by atoms with E-state index in [1.54, 1.807) is 0 Å². The molecule has 1 aromatic rings. The number of hydrogen-bond acceptors (Lipinski definition) is 2. The molecule has 0 unspecified atom stereocenters. The van der Waals surface area contributed by atoms with Crippen molar-refractivity contribution in [2.75, 3.05) is 13.1 Å². The van der Waals surface area contributed by atoms with Gasteiger partial charge in [-0.05, 0) is 38.0 Å². The Balaban J connectivity index is 1.88. The van der Waals surface area contributed by atoms with E-state index in [0.29, 0.717) is 0 Å². The molecule has 1 radical (unpaired) electrons. The third-order valence-electron chi connectivity index (χ3n) is 2.90. The Morgan fingerprint density at radius 2 is 1.87 bits per heavy atom. The van der Waals surface area contributed by atoms with Crippen molar-refractivity contribution in [2.45, 2.75) is 32.4 Å². The minimum atomic E-state index is 0.188. The lowest BCUT2D eigenvalue weighted by Crippen LogP contribution is -2.40. The molecule has 2 heteroatoms. The fraction of sp³-hybridized carbons (Fsp3) is 0.538. The van der Waals surface area contributed by atoms with E-state index in [2.05, 4.69) is 17.9 Å². The van der Waals surface area contributed by atoms with E-state index in [1.807, 2.05) is 24.3 Å². The third-order valence-corrected chi connectivity index (χ3v) is 2.90. The van der Waals surface area contributed by atoms with Gasteiger partial charge in [-0.2, -0.15) is 0 Å². The van der Waals surface area contributed by atoms with Gasteiger partial charge in [0.25, 0.3) is 0 Å². The van der Waals surface area contributed by atoms with Crippen LogP contribution >= 0.6 is 0 Å². The zero-order chi connectivity index (χ0) is 10.5. The van der Waals surface area contributed by atoms with Crippen molar-refractivity contribution in [1.82, 2.24) is 4.90 Å². The molecule has 1 fully saturated rings. The van der Waals surface area contributed by atoms with Gasteiger partial charge >= 0.3 is 0 Å². The molecule has 0 amide bonds. The van der Waals surface area contributed by atoms with Crippen LogP contribution in [0, 0.1) is 6.07 Å². The van der Waals surface area contributed by atoms with Crippen LogP contribution in [0.2, 0.25) is 0 Å². The maximum atomic E-state index is 5.86. The normalized spacial score (nSPS) is 19.8. The van der Waals surface area contributed by atoms with Crippen LogP contribution in [0.5, 0.6) is 5.75 Å². The Labute approximate surface area is 91.9 Å². The SMILES string of the molecule is C[C@@H](Oc1cc[c]cc1)N1CCCCC1. The molecule has 0 aromatic heterocycles. The van der Waals surface area contributed by atoms with Crippen molar-refractivity contribution >= 4 is 0 Å². The van der Waals surface area contributed by atoms with Gasteiger partial charge < -0.3 is 4.74 Å². The molecule has 1 aromatic carbocycles. The van der Waals surface area contributed by atoms with Crippen molar-refractivity contribution in [3.63, 3.8) is 0 Å². The predicted molar refractivity (Wildman–Crippen MR) is 60.8 cm³/mol. The average Bonchev–Trinajstić information content (AvgIpc) is 2.31. The van der Waals surface area contributed by atoms with E-state index in [1.165, 1.54) is 32.4 Å². The topological polar surface area (TPSA) is 12.5 Å². The van der Waals surface area contributed by atoms with E-state index in [0.717, 1.165) is 5.75 Å². The predicted octanol–water partition coefficient (Wildman–Crippen LogP) is 2.70. The van der Waals surface area contributed by atoms with Gasteiger partial charge in [-0.1, -0.05) is 18.6 Å². The minimum Gasteiger partial charge on any atom is -0.475 e. The maximum absolute atomic E-state index is 5.86. The van der Waals surface area contributed by atoms with Crippen molar-refractivity contribution in [3.05, 3.63) is 30.3 Å². The second-order valence-electron chi connectivity index (χ2n) is 4.05. The van der Waals surface area contributed by atoms with E-state index in [9.17, 15) is 0 Å². The van der Waals surface area contributed by atoms with Gasteiger partial charge in [0, 0.05) is 13.1 Å². The molecule has 0 aliphatic carbocycles. The molecule has 15 heavy (non-hydrogen) atoms. The quantitative estimate of drug-likeness (QED) is 0.750. The van der Waals surface area contributed by atoms with Crippen molar-refractivity contribution < 1.29 is 4.74 Å². The summed E-state index contributed by atoms with van der Waals surface area (Å²) in [4.78, 5) is 2.40. The van der Waals surface area contributed by atoms with Crippen LogP contribution in [0.4, 0.5) is 0 Å². The van der Waals surface area contributed by atoms with Crippen molar-refractivity contribution in [1.29, 1.82) is 0 Å². The summed E-state index contributed by atoms with van der Waals surface area (Å²) >= 11 is 0. The first-order chi connectivity index (χ1) is 7.36. The van der Waals surface area contributed by atoms with Crippen LogP contribution < -0.4 is 4.74 Å². The second kappa shape index (κ2) is 5.17. The molecule has 0 spiro atoms. The highest BCUT2D eigenvalue weighted by molar-refractivity contribution is 5.20. The van der Waals surface area contributed by atoms with Crippen LogP contribution in [0.1, 0.15) is 26.2 Å². The highest BCUT2D eigenvalue weighted by Crippen LogP contribution is 2.16. The fourth-order valence-corrected chi connectivity index (χ4v) is 2.00. The Bertz CT molecular complexity index is 280. The molecule has 1 aliphatic heterocycles. The lowest BCUT2D eigenvalue weighted by atomic mass is 10.1. The molecule has 1 heterocycles. The van der Waals surface area contributed by atoms with E-state index < -0.39 is 0 Å². The summed E-state index contributed by atoms with van der Waals surface area (Å²) in [5, 5.41) is 0. The molecular weight excluding hydrogens is 186 g/mol. The van der Waals surface area contributed by atoms with Gasteiger partial charge in [0.05, 0.1) is 0 Å². The first-order valence-corrected chi connectivity index (χ1v) is 5.73. The molecule has 2 nitrogen and oxygen atoms in total. The van der Waals surface area contributed by atoms with E-state index >= 15 is 0 Å². The highest BCUT2D eigenvalue weighted by atomic mass is 16.5. The molecule has 81 valence electrons. The molecule has 1 aliphatic rings. The number of likely N-dealkylation sites (tertiary alicyclic amines) is 1. The van der Waals surface area contributed by atoms with Gasteiger partial charge in [0.2, 0.25) is 0 Å². The lowest BCUT2D eigenvalue weighted by Gasteiger charge is -2.32. The van der Waals surface area contributed by atoms with Gasteiger partial charge in [0.15, 0.2) is 0 Å². The largest absolute Gasteiger partial charge is 0.475 e. The van der Waals surface area contributed by atoms with Crippen molar-refractivity contribution in [2.24, 2.45) is 0 Å². The first-order valence-electron chi connectivity index (χ1n) is 5.73. The molecule has 0 saturated carbocycles. The average molecular weight is 204 g/mol. The monoisotopic (exact) mass is 204 g/mol. The molecule has 0 bridgehead atoms. The molecular formula is C13H18NO. The van der Waals surface area contributed by atoms with Crippen LogP contribution in [0.3, 0.4) is 0 Å². The minimum absolute atomic E-state index is 0.188. The number of benzene rings is 1. The lowest BCUT2D eigenvalue weighted by molar-refractivity contribution is 0.0262. The molecule has 0 N–H and O–H groups in total. The number of piperidine rings is 1. The van der Waals surface area contributed by atoms with Gasteiger partial charge in [0.1, 0.15) is 12.0 Å². The third kappa shape index (κ3) is 2.96. The summed E-state index contributed by atoms with van der Waals surface area (Å²) in [5.41, 5.74) is 0. The summed E-state index contributed by atoms with van der Waals surface area (Å²) in [5.74, 6) is 0.937. The Morgan fingerprint density at radius 3 is 2.53 bits per heavy atom.